The molecular formula is C24H17I2N3O5. The van der Waals surface area contributed by atoms with Gasteiger partial charge in [0.15, 0.2) is 0 Å². The summed E-state index contributed by atoms with van der Waals surface area (Å²) in [5.41, 5.74) is 2.28. The molecule has 0 unspecified atom stereocenters. The molecular weight excluding hydrogens is 664 g/mol. The summed E-state index contributed by atoms with van der Waals surface area (Å²) in [6.07, 6.45) is 1.42. The van der Waals surface area contributed by atoms with E-state index in [1.165, 1.54) is 17.7 Å². The van der Waals surface area contributed by atoms with Crippen molar-refractivity contribution in [2.24, 2.45) is 0 Å². The summed E-state index contributed by atoms with van der Waals surface area (Å²) in [5, 5.41) is 32.6. The largest absolute Gasteiger partial charge is 0.506 e. The molecule has 0 fully saturated rings. The van der Waals surface area contributed by atoms with Gasteiger partial charge in [-0.3, -0.25) is 14.9 Å². The van der Waals surface area contributed by atoms with E-state index in [2.05, 4.69) is 50.5 Å². The Morgan fingerprint density at radius 1 is 1.18 bits per heavy atom. The van der Waals surface area contributed by atoms with E-state index < -0.39 is 16.6 Å². The van der Waals surface area contributed by atoms with Crippen LogP contribution in [0.3, 0.4) is 0 Å². The Morgan fingerprint density at radius 3 is 2.38 bits per heavy atom. The molecule has 0 saturated carbocycles. The third kappa shape index (κ3) is 6.45. The maximum absolute atomic E-state index is 12.6. The van der Waals surface area contributed by atoms with Crippen LogP contribution in [0.2, 0.25) is 0 Å². The normalized spacial score (nSPS) is 10.9. The minimum Gasteiger partial charge on any atom is -0.506 e. The number of anilines is 1. The number of nitriles is 1. The second-order valence-corrected chi connectivity index (χ2v) is 9.49. The predicted octanol–water partition coefficient (Wildman–Crippen LogP) is 5.94. The first-order valence-corrected chi connectivity index (χ1v) is 11.9. The number of amides is 1. The van der Waals surface area contributed by atoms with Crippen LogP contribution in [-0.2, 0) is 11.4 Å². The van der Waals surface area contributed by atoms with Crippen molar-refractivity contribution >= 4 is 68.5 Å². The average Bonchev–Trinajstić information content (AvgIpc) is 2.79. The number of rotatable bonds is 7. The molecule has 3 aromatic rings. The molecule has 3 aromatic carbocycles. The highest BCUT2D eigenvalue weighted by molar-refractivity contribution is 14.1. The van der Waals surface area contributed by atoms with Crippen LogP contribution < -0.4 is 10.1 Å². The number of hydrogen-bond donors (Lipinski definition) is 2. The standard InChI is InChI=1S/C24H17I2N3O5/c1-14-2-4-15(5-3-14)13-34-23-19(25)9-16(10-20(23)26)8-17(12-27)24(31)28-21-7-6-18(29(32)33)11-22(21)30/h2-11,30H,13H2,1H3,(H,28,31)/b17-8+. The first-order chi connectivity index (χ1) is 16.2. The minimum atomic E-state index is -0.753. The summed E-state index contributed by atoms with van der Waals surface area (Å²) >= 11 is 4.27. The van der Waals surface area contributed by atoms with Crippen LogP contribution in [0, 0.1) is 35.5 Å². The average molecular weight is 681 g/mol. The Morgan fingerprint density at radius 2 is 1.82 bits per heavy atom. The van der Waals surface area contributed by atoms with E-state index in [1.54, 1.807) is 12.1 Å². The highest BCUT2D eigenvalue weighted by Crippen LogP contribution is 2.31. The monoisotopic (exact) mass is 681 g/mol. The second kappa shape index (κ2) is 11.3. The maximum atomic E-state index is 12.6. The number of aromatic hydroxyl groups is 1. The van der Waals surface area contributed by atoms with Gasteiger partial charge in [0.2, 0.25) is 0 Å². The number of aryl methyl sites for hydroxylation is 1. The molecule has 0 atom stereocenters. The molecule has 0 radical (unpaired) electrons. The summed E-state index contributed by atoms with van der Waals surface area (Å²) in [6.45, 7) is 2.43. The number of halogens is 2. The zero-order chi connectivity index (χ0) is 24.8. The number of phenols is 1. The number of carbonyl (C=O) groups excluding carboxylic acids is 1. The van der Waals surface area contributed by atoms with Crippen LogP contribution in [0.4, 0.5) is 11.4 Å². The van der Waals surface area contributed by atoms with Gasteiger partial charge in [-0.05, 0) is 87.5 Å². The summed E-state index contributed by atoms with van der Waals surface area (Å²) in [7, 11) is 0. The van der Waals surface area contributed by atoms with Gasteiger partial charge in [0, 0.05) is 6.07 Å². The fraction of sp³-hybridized carbons (Fsp3) is 0.0833. The van der Waals surface area contributed by atoms with Crippen LogP contribution in [0.5, 0.6) is 11.5 Å². The summed E-state index contributed by atoms with van der Waals surface area (Å²) in [4.78, 5) is 22.7. The molecule has 2 N–H and O–H groups in total. The maximum Gasteiger partial charge on any atom is 0.273 e. The van der Waals surface area contributed by atoms with Crippen LogP contribution in [0.25, 0.3) is 6.08 Å². The van der Waals surface area contributed by atoms with Crippen molar-refractivity contribution in [2.45, 2.75) is 13.5 Å². The van der Waals surface area contributed by atoms with E-state index in [9.17, 15) is 25.3 Å². The van der Waals surface area contributed by atoms with E-state index >= 15 is 0 Å². The Bertz CT molecular complexity index is 1310. The SMILES string of the molecule is Cc1ccc(COc2c(I)cc(/C=C(\C#N)C(=O)Nc3ccc([N+](=O)[O-])cc3O)cc2I)cc1. The zero-order valence-corrected chi connectivity index (χ0v) is 22.0. The molecule has 1 amide bonds. The topological polar surface area (TPSA) is 125 Å². The number of nitrogens with zero attached hydrogens (tertiary/aromatic N) is 2. The zero-order valence-electron chi connectivity index (χ0n) is 17.7. The van der Waals surface area contributed by atoms with Crippen molar-refractivity contribution in [1.82, 2.24) is 0 Å². The van der Waals surface area contributed by atoms with Crippen LogP contribution >= 0.6 is 45.2 Å². The summed E-state index contributed by atoms with van der Waals surface area (Å²) in [5.74, 6) is -0.520. The Labute approximate surface area is 222 Å². The molecule has 0 aliphatic carbocycles. The van der Waals surface area contributed by atoms with Gasteiger partial charge in [-0.2, -0.15) is 5.26 Å². The number of nitrogens with one attached hydrogen (secondary N) is 1. The third-order valence-corrected chi connectivity index (χ3v) is 6.24. The second-order valence-electron chi connectivity index (χ2n) is 7.17. The third-order valence-electron chi connectivity index (χ3n) is 4.64. The molecule has 8 nitrogen and oxygen atoms in total. The van der Waals surface area contributed by atoms with Gasteiger partial charge >= 0.3 is 0 Å². The molecule has 3 rings (SSSR count). The lowest BCUT2D eigenvalue weighted by atomic mass is 10.1. The summed E-state index contributed by atoms with van der Waals surface area (Å²) < 4.78 is 7.62. The van der Waals surface area contributed by atoms with E-state index in [1.807, 2.05) is 37.3 Å². The lowest BCUT2D eigenvalue weighted by molar-refractivity contribution is -0.384. The fourth-order valence-corrected chi connectivity index (χ4v) is 5.01. The number of nitro groups is 1. The molecule has 0 saturated heterocycles. The quantitative estimate of drug-likeness (QED) is 0.0795. The first kappa shape index (κ1) is 25.4. The number of hydrogen-bond acceptors (Lipinski definition) is 6. The van der Waals surface area contributed by atoms with Gasteiger partial charge in [-0.1, -0.05) is 29.8 Å². The van der Waals surface area contributed by atoms with Gasteiger partial charge in [0.25, 0.3) is 11.6 Å². The van der Waals surface area contributed by atoms with Crippen molar-refractivity contribution in [3.05, 3.63) is 94.1 Å². The lowest BCUT2D eigenvalue weighted by Crippen LogP contribution is -2.13. The Hall–Kier alpha value is -3.18. The van der Waals surface area contributed by atoms with Gasteiger partial charge < -0.3 is 15.2 Å². The van der Waals surface area contributed by atoms with E-state index in [0.717, 1.165) is 24.8 Å². The molecule has 10 heteroatoms. The highest BCUT2D eigenvalue weighted by atomic mass is 127. The van der Waals surface area contributed by atoms with Crippen LogP contribution in [-0.4, -0.2) is 15.9 Å². The van der Waals surface area contributed by atoms with Crippen molar-refractivity contribution in [1.29, 1.82) is 5.26 Å². The number of non-ortho nitro benzene ring substituents is 1. The van der Waals surface area contributed by atoms with E-state index in [4.69, 9.17) is 4.74 Å². The molecule has 0 spiro atoms. The van der Waals surface area contributed by atoms with E-state index in [0.29, 0.717) is 17.9 Å². The van der Waals surface area contributed by atoms with Gasteiger partial charge in [0.05, 0.1) is 23.8 Å². The number of phenolic OH excluding ortho intramolecular Hbond substituents is 1. The van der Waals surface area contributed by atoms with Gasteiger partial charge in [-0.25, -0.2) is 0 Å². The van der Waals surface area contributed by atoms with Crippen molar-refractivity contribution < 1.29 is 19.6 Å². The molecule has 0 aromatic heterocycles. The Kier molecular flexibility index (Phi) is 8.46. The van der Waals surface area contributed by atoms with Gasteiger partial charge in [-0.15, -0.1) is 0 Å². The number of carbonyl (C=O) groups is 1. The molecule has 0 aliphatic heterocycles. The van der Waals surface area contributed by atoms with Crippen LogP contribution in [0.1, 0.15) is 16.7 Å². The molecule has 0 heterocycles. The van der Waals surface area contributed by atoms with Crippen molar-refractivity contribution in [3.8, 4) is 17.6 Å². The first-order valence-electron chi connectivity index (χ1n) is 9.76. The molecule has 0 bridgehead atoms. The van der Waals surface area contributed by atoms with Crippen molar-refractivity contribution in [2.75, 3.05) is 5.32 Å². The number of nitro benzene ring substituents is 1. The number of ether oxygens (including phenoxy) is 1. The predicted molar refractivity (Wildman–Crippen MR) is 144 cm³/mol. The molecule has 0 aliphatic rings. The van der Waals surface area contributed by atoms with E-state index in [-0.39, 0.29) is 16.9 Å². The lowest BCUT2D eigenvalue weighted by Gasteiger charge is -2.12. The smallest absolute Gasteiger partial charge is 0.273 e. The molecule has 34 heavy (non-hydrogen) atoms. The fourth-order valence-electron chi connectivity index (χ4n) is 2.88. The van der Waals surface area contributed by atoms with Gasteiger partial charge in [0.1, 0.15) is 29.7 Å². The molecule has 172 valence electrons. The Balaban J connectivity index is 1.77. The van der Waals surface area contributed by atoms with Crippen LogP contribution in [0.15, 0.2) is 60.2 Å². The van der Waals surface area contributed by atoms with Crippen molar-refractivity contribution in [3.63, 3.8) is 0 Å². The summed E-state index contributed by atoms with van der Waals surface area (Å²) in [6, 6.07) is 16.8. The number of benzene rings is 3. The highest BCUT2D eigenvalue weighted by Gasteiger charge is 2.16. The minimum absolute atomic E-state index is 0.0410.